The lowest BCUT2D eigenvalue weighted by molar-refractivity contribution is -0.0431. The molecular weight excluding hydrogens is 394 g/mol. The van der Waals surface area contributed by atoms with Crippen molar-refractivity contribution in [2.45, 2.75) is 33.5 Å². The smallest absolute Gasteiger partial charge is 0.246 e. The molecule has 3 nitrogen and oxygen atoms in total. The van der Waals surface area contributed by atoms with Crippen molar-refractivity contribution in [3.8, 4) is 22.6 Å². The summed E-state index contributed by atoms with van der Waals surface area (Å²) >= 11 is 0. The van der Waals surface area contributed by atoms with Crippen LogP contribution in [0.2, 0.25) is 0 Å². The van der Waals surface area contributed by atoms with Crippen molar-refractivity contribution in [3.63, 3.8) is 0 Å². The molecule has 0 saturated carbocycles. The summed E-state index contributed by atoms with van der Waals surface area (Å²) in [5.41, 5.74) is 8.20. The molecule has 1 heterocycles. The number of ether oxygens (including phenoxy) is 2. The monoisotopic (exact) mass is 421 g/mol. The summed E-state index contributed by atoms with van der Waals surface area (Å²) in [5, 5.41) is 0. The summed E-state index contributed by atoms with van der Waals surface area (Å²) in [6.45, 7) is 8.16. The number of rotatable bonds is 4. The van der Waals surface area contributed by atoms with E-state index in [2.05, 4.69) is 104 Å². The van der Waals surface area contributed by atoms with Crippen molar-refractivity contribution in [3.05, 3.63) is 102 Å². The van der Waals surface area contributed by atoms with Crippen LogP contribution in [0.1, 0.15) is 25.0 Å². The molecule has 3 heteroatoms. The van der Waals surface area contributed by atoms with Crippen LogP contribution in [-0.4, -0.2) is 5.79 Å². The first kappa shape index (κ1) is 20.2. The van der Waals surface area contributed by atoms with Gasteiger partial charge in [0.1, 0.15) is 0 Å². The summed E-state index contributed by atoms with van der Waals surface area (Å²) in [7, 11) is 0. The van der Waals surface area contributed by atoms with Crippen LogP contribution in [0, 0.1) is 13.8 Å². The van der Waals surface area contributed by atoms with Gasteiger partial charge in [-0.2, -0.15) is 0 Å². The molecule has 0 fully saturated rings. The van der Waals surface area contributed by atoms with E-state index in [-0.39, 0.29) is 0 Å². The van der Waals surface area contributed by atoms with Crippen LogP contribution in [0.3, 0.4) is 0 Å². The van der Waals surface area contributed by atoms with Crippen LogP contribution in [0.5, 0.6) is 11.5 Å². The Bertz CT molecular complexity index is 1230. The van der Waals surface area contributed by atoms with Crippen LogP contribution >= 0.6 is 0 Å². The third-order valence-corrected chi connectivity index (χ3v) is 5.83. The van der Waals surface area contributed by atoms with Crippen LogP contribution in [0.15, 0.2) is 91.0 Å². The van der Waals surface area contributed by atoms with Crippen molar-refractivity contribution in [1.29, 1.82) is 0 Å². The summed E-state index contributed by atoms with van der Waals surface area (Å²) in [6, 6.07) is 31.8. The van der Waals surface area contributed by atoms with Crippen molar-refractivity contribution < 1.29 is 9.47 Å². The topological polar surface area (TPSA) is 21.7 Å². The average molecular weight is 422 g/mol. The van der Waals surface area contributed by atoms with Gasteiger partial charge in [0.2, 0.25) is 5.79 Å². The average Bonchev–Trinajstić information content (AvgIpc) is 3.10. The molecule has 5 rings (SSSR count). The minimum Gasteiger partial charge on any atom is -0.449 e. The normalized spacial score (nSPS) is 13.8. The molecule has 0 spiro atoms. The molecule has 4 aromatic carbocycles. The molecule has 4 aromatic rings. The molecule has 0 saturated heterocycles. The predicted molar refractivity (Wildman–Crippen MR) is 131 cm³/mol. The lowest BCUT2D eigenvalue weighted by Crippen LogP contribution is -2.29. The Morgan fingerprint density at radius 1 is 0.594 bits per heavy atom. The van der Waals surface area contributed by atoms with Gasteiger partial charge in [0.25, 0.3) is 0 Å². The largest absolute Gasteiger partial charge is 0.449 e. The molecule has 0 radical (unpaired) electrons. The number of para-hydroxylation sites is 2. The van der Waals surface area contributed by atoms with E-state index < -0.39 is 5.79 Å². The summed E-state index contributed by atoms with van der Waals surface area (Å²) in [5.74, 6) is 0.963. The minimum atomic E-state index is -0.619. The molecule has 0 N–H and O–H groups in total. The van der Waals surface area contributed by atoms with E-state index >= 15 is 0 Å². The summed E-state index contributed by atoms with van der Waals surface area (Å²) < 4.78 is 11.8. The van der Waals surface area contributed by atoms with Crippen molar-refractivity contribution in [1.82, 2.24) is 0 Å². The maximum absolute atomic E-state index is 5.93. The fourth-order valence-corrected chi connectivity index (χ4v) is 4.24. The molecule has 1 aliphatic rings. The molecule has 0 amide bonds. The summed E-state index contributed by atoms with van der Waals surface area (Å²) in [6.07, 6.45) is 0. The number of anilines is 3. The fraction of sp³-hybridized carbons (Fsp3) is 0.172. The minimum absolute atomic E-state index is 0.619. The van der Waals surface area contributed by atoms with Gasteiger partial charge in [0, 0.05) is 30.9 Å². The second kappa shape index (κ2) is 7.76. The summed E-state index contributed by atoms with van der Waals surface area (Å²) in [4.78, 5) is 2.33. The highest BCUT2D eigenvalue weighted by molar-refractivity contribution is 5.81. The van der Waals surface area contributed by atoms with E-state index in [1.165, 1.54) is 22.5 Å². The Morgan fingerprint density at radius 3 is 1.72 bits per heavy atom. The molecule has 0 aromatic heterocycles. The fourth-order valence-electron chi connectivity index (χ4n) is 4.24. The Hall–Kier alpha value is -3.72. The molecule has 0 unspecified atom stereocenters. The number of fused-ring (bicyclic) bond motifs is 1. The number of aryl methyl sites for hydroxylation is 2. The maximum Gasteiger partial charge on any atom is 0.246 e. The van der Waals surface area contributed by atoms with Crippen LogP contribution in [0.4, 0.5) is 17.1 Å². The Morgan fingerprint density at radius 2 is 1.12 bits per heavy atom. The second-order valence-electron chi connectivity index (χ2n) is 8.72. The highest BCUT2D eigenvalue weighted by Gasteiger charge is 2.31. The lowest BCUT2D eigenvalue weighted by atomic mass is 10.0. The number of nitrogens with zero attached hydrogens (tertiary/aromatic N) is 1. The van der Waals surface area contributed by atoms with E-state index in [0.29, 0.717) is 0 Å². The van der Waals surface area contributed by atoms with E-state index in [4.69, 9.17) is 9.47 Å². The molecule has 1 aliphatic heterocycles. The van der Waals surface area contributed by atoms with Crippen molar-refractivity contribution >= 4 is 17.1 Å². The van der Waals surface area contributed by atoms with Gasteiger partial charge < -0.3 is 14.4 Å². The quantitative estimate of drug-likeness (QED) is 0.334. The van der Waals surface area contributed by atoms with E-state index in [1.54, 1.807) is 0 Å². The predicted octanol–water partition coefficient (Wildman–Crippen LogP) is 7.95. The first-order chi connectivity index (χ1) is 15.4. The van der Waals surface area contributed by atoms with Crippen LogP contribution in [0.25, 0.3) is 11.1 Å². The molecule has 32 heavy (non-hydrogen) atoms. The third-order valence-electron chi connectivity index (χ3n) is 5.83. The second-order valence-corrected chi connectivity index (χ2v) is 8.72. The first-order valence-electron chi connectivity index (χ1n) is 11.0. The SMILES string of the molecule is Cc1ccccc1N(c1ccc(-c2ccc3c(c2)OC(C)(C)O3)cc1)c1ccccc1C. The number of benzene rings is 4. The van der Waals surface area contributed by atoms with Gasteiger partial charge in [0.15, 0.2) is 11.5 Å². The Balaban J connectivity index is 1.54. The maximum atomic E-state index is 5.93. The lowest BCUT2D eigenvalue weighted by Gasteiger charge is -2.28. The molecular formula is C29H27NO2. The highest BCUT2D eigenvalue weighted by Crippen LogP contribution is 2.42. The van der Waals surface area contributed by atoms with Crippen molar-refractivity contribution in [2.24, 2.45) is 0 Å². The van der Waals surface area contributed by atoms with Gasteiger partial charge in [-0.3, -0.25) is 0 Å². The van der Waals surface area contributed by atoms with Crippen LogP contribution in [-0.2, 0) is 0 Å². The standard InChI is InChI=1S/C29H27NO2/c1-20-9-5-7-11-25(20)30(26-12-8-6-10-21(26)2)24-16-13-22(14-17-24)23-15-18-27-28(19-23)32-29(3,4)31-27/h5-19H,1-4H3. The Labute approximate surface area is 189 Å². The van der Waals surface area contributed by atoms with Gasteiger partial charge >= 0.3 is 0 Å². The molecule has 0 atom stereocenters. The number of hydrogen-bond donors (Lipinski definition) is 0. The van der Waals surface area contributed by atoms with Crippen molar-refractivity contribution in [2.75, 3.05) is 4.90 Å². The van der Waals surface area contributed by atoms with Gasteiger partial charge in [0.05, 0.1) is 0 Å². The highest BCUT2D eigenvalue weighted by atomic mass is 16.7. The molecule has 0 bridgehead atoms. The first-order valence-corrected chi connectivity index (χ1v) is 11.0. The van der Waals surface area contributed by atoms with E-state index in [1.807, 2.05) is 19.9 Å². The van der Waals surface area contributed by atoms with E-state index in [0.717, 1.165) is 28.3 Å². The van der Waals surface area contributed by atoms with Crippen LogP contribution < -0.4 is 14.4 Å². The molecule has 0 aliphatic carbocycles. The number of hydrogen-bond acceptors (Lipinski definition) is 3. The van der Waals surface area contributed by atoms with E-state index in [9.17, 15) is 0 Å². The van der Waals surface area contributed by atoms with Gasteiger partial charge in [-0.1, -0.05) is 54.6 Å². The zero-order valence-corrected chi connectivity index (χ0v) is 18.9. The van der Waals surface area contributed by atoms with Gasteiger partial charge in [-0.25, -0.2) is 0 Å². The molecule has 160 valence electrons. The zero-order chi connectivity index (χ0) is 22.3. The van der Waals surface area contributed by atoms with Gasteiger partial charge in [-0.15, -0.1) is 0 Å². The zero-order valence-electron chi connectivity index (χ0n) is 18.9. The third kappa shape index (κ3) is 3.71. The van der Waals surface area contributed by atoms with Gasteiger partial charge in [-0.05, 0) is 72.5 Å². The Kier molecular flexibility index (Phi) is 4.90.